The van der Waals surface area contributed by atoms with Gasteiger partial charge >= 0.3 is 4.87 Å². The van der Waals surface area contributed by atoms with E-state index in [0.717, 1.165) is 27.1 Å². The van der Waals surface area contributed by atoms with E-state index in [-0.39, 0.29) is 10.8 Å². The van der Waals surface area contributed by atoms with Crippen LogP contribution in [-0.2, 0) is 11.3 Å². The number of hydrogen-bond acceptors (Lipinski definition) is 4. The van der Waals surface area contributed by atoms with Gasteiger partial charge in [0.15, 0.2) is 6.10 Å². The summed E-state index contributed by atoms with van der Waals surface area (Å²) in [4.78, 5) is 24.7. The molecule has 0 bridgehead atoms. The maximum atomic E-state index is 12.7. The lowest BCUT2D eigenvalue weighted by Gasteiger charge is -2.19. The number of benzene rings is 2. The molecule has 3 aromatic rings. The number of carbonyl (C=O) groups is 1. The van der Waals surface area contributed by atoms with E-state index in [9.17, 15) is 9.59 Å². The Kier molecular flexibility index (Phi) is 5.65. The predicted octanol–water partition coefficient (Wildman–Crippen LogP) is 4.50. The van der Waals surface area contributed by atoms with Gasteiger partial charge in [0.1, 0.15) is 5.75 Å². The molecule has 5 nitrogen and oxygen atoms in total. The van der Waals surface area contributed by atoms with Gasteiger partial charge in [0, 0.05) is 12.2 Å². The van der Waals surface area contributed by atoms with Crippen molar-refractivity contribution in [3.05, 3.63) is 57.2 Å². The molecule has 1 heterocycles. The highest BCUT2D eigenvalue weighted by Gasteiger charge is 2.20. The highest BCUT2D eigenvalue weighted by Crippen LogP contribution is 2.24. The van der Waals surface area contributed by atoms with Crippen LogP contribution in [0.4, 0.5) is 5.69 Å². The van der Waals surface area contributed by atoms with Crippen LogP contribution >= 0.6 is 11.3 Å². The summed E-state index contributed by atoms with van der Waals surface area (Å²) in [6, 6.07) is 11.4. The van der Waals surface area contributed by atoms with E-state index in [0.29, 0.717) is 18.7 Å². The first-order valence-electron chi connectivity index (χ1n) is 9.11. The number of hydrogen-bond donors (Lipinski definition) is 1. The fraction of sp³-hybridized carbons (Fsp3) is 0.333. The lowest BCUT2D eigenvalue weighted by Crippen LogP contribution is -2.32. The molecule has 0 saturated heterocycles. The van der Waals surface area contributed by atoms with Crippen molar-refractivity contribution in [1.82, 2.24) is 4.57 Å². The summed E-state index contributed by atoms with van der Waals surface area (Å²) in [7, 11) is 0. The van der Waals surface area contributed by atoms with Crippen molar-refractivity contribution in [2.75, 3.05) is 5.32 Å². The maximum Gasteiger partial charge on any atom is 0.308 e. The van der Waals surface area contributed by atoms with Crippen LogP contribution < -0.4 is 14.9 Å². The van der Waals surface area contributed by atoms with Crippen molar-refractivity contribution in [3.8, 4) is 5.75 Å². The lowest BCUT2D eigenvalue weighted by atomic mass is 10.1. The highest BCUT2D eigenvalue weighted by molar-refractivity contribution is 7.16. The standard InChI is InChI=1S/C21H24N2O3S/c1-5-17(26-18-9-7-8-13(3)14(18)4)20(24)22-15-10-11-16-19(12-15)27-21(25)23(16)6-2/h7-12,17H,5-6H2,1-4H3,(H,22,24). The SMILES string of the molecule is CCC(Oc1cccc(C)c1C)C(=O)Nc1ccc2c(c1)sc(=O)n2CC. The van der Waals surface area contributed by atoms with Crippen molar-refractivity contribution in [3.63, 3.8) is 0 Å². The van der Waals surface area contributed by atoms with Crippen LogP contribution in [0.2, 0.25) is 0 Å². The summed E-state index contributed by atoms with van der Waals surface area (Å²) in [5, 5.41) is 2.92. The van der Waals surface area contributed by atoms with Crippen LogP contribution in [0.25, 0.3) is 10.2 Å². The largest absolute Gasteiger partial charge is 0.480 e. The van der Waals surface area contributed by atoms with E-state index in [2.05, 4.69) is 5.32 Å². The molecule has 0 fully saturated rings. The quantitative estimate of drug-likeness (QED) is 0.681. The zero-order chi connectivity index (χ0) is 19.6. The molecule has 1 unspecified atom stereocenters. The minimum atomic E-state index is -0.583. The van der Waals surface area contributed by atoms with Gasteiger partial charge in [-0.1, -0.05) is 30.4 Å². The molecular weight excluding hydrogens is 360 g/mol. The van der Waals surface area contributed by atoms with Crippen molar-refractivity contribution >= 4 is 33.1 Å². The third kappa shape index (κ3) is 3.90. The first kappa shape index (κ1) is 19.2. The van der Waals surface area contributed by atoms with E-state index in [1.807, 2.05) is 64.1 Å². The van der Waals surface area contributed by atoms with E-state index < -0.39 is 6.10 Å². The zero-order valence-electron chi connectivity index (χ0n) is 16.0. The highest BCUT2D eigenvalue weighted by atomic mass is 32.1. The van der Waals surface area contributed by atoms with Crippen molar-refractivity contribution in [2.45, 2.75) is 46.8 Å². The number of aryl methyl sites for hydroxylation is 2. The molecule has 0 aliphatic rings. The summed E-state index contributed by atoms with van der Waals surface area (Å²) in [5.74, 6) is 0.533. The molecule has 0 spiro atoms. The predicted molar refractivity (Wildman–Crippen MR) is 111 cm³/mol. The third-order valence-corrected chi connectivity index (χ3v) is 5.68. The Balaban J connectivity index is 1.79. The van der Waals surface area contributed by atoms with E-state index >= 15 is 0 Å². The van der Waals surface area contributed by atoms with Gasteiger partial charge < -0.3 is 10.1 Å². The van der Waals surface area contributed by atoms with Gasteiger partial charge in [0.05, 0.1) is 10.2 Å². The fourth-order valence-corrected chi connectivity index (χ4v) is 3.99. The summed E-state index contributed by atoms with van der Waals surface area (Å²) in [6.07, 6.45) is -0.0266. The Bertz CT molecular complexity index is 1040. The number of thiazole rings is 1. The Morgan fingerprint density at radius 2 is 2.00 bits per heavy atom. The summed E-state index contributed by atoms with van der Waals surface area (Å²) < 4.78 is 8.56. The van der Waals surface area contributed by atoms with Gasteiger partial charge in [0.25, 0.3) is 5.91 Å². The molecule has 0 radical (unpaired) electrons. The number of amides is 1. The average Bonchev–Trinajstić information content (AvgIpc) is 2.96. The van der Waals surface area contributed by atoms with Crippen LogP contribution in [0.15, 0.2) is 41.2 Å². The molecule has 1 aromatic heterocycles. The Hall–Kier alpha value is -2.60. The number of fused-ring (bicyclic) bond motifs is 1. The van der Waals surface area contributed by atoms with E-state index in [1.165, 1.54) is 11.3 Å². The average molecular weight is 385 g/mol. The van der Waals surface area contributed by atoms with Crippen molar-refractivity contribution in [1.29, 1.82) is 0 Å². The minimum absolute atomic E-state index is 0.0145. The van der Waals surface area contributed by atoms with Crippen LogP contribution in [0.1, 0.15) is 31.4 Å². The van der Waals surface area contributed by atoms with Crippen molar-refractivity contribution < 1.29 is 9.53 Å². The molecule has 0 aliphatic heterocycles. The normalized spacial score (nSPS) is 12.1. The van der Waals surface area contributed by atoms with Gasteiger partial charge in [-0.2, -0.15) is 0 Å². The molecule has 3 rings (SSSR count). The number of rotatable bonds is 6. The fourth-order valence-electron chi connectivity index (χ4n) is 2.99. The minimum Gasteiger partial charge on any atom is -0.480 e. The lowest BCUT2D eigenvalue weighted by molar-refractivity contribution is -0.122. The van der Waals surface area contributed by atoms with Gasteiger partial charge in [-0.05, 0) is 62.6 Å². The van der Waals surface area contributed by atoms with Crippen LogP contribution in [-0.4, -0.2) is 16.6 Å². The smallest absolute Gasteiger partial charge is 0.308 e. The molecule has 2 aromatic carbocycles. The van der Waals surface area contributed by atoms with Gasteiger partial charge in [-0.15, -0.1) is 0 Å². The van der Waals surface area contributed by atoms with Crippen molar-refractivity contribution in [2.24, 2.45) is 0 Å². The number of nitrogens with one attached hydrogen (secondary N) is 1. The van der Waals surface area contributed by atoms with E-state index in [1.54, 1.807) is 4.57 Å². The second-order valence-corrected chi connectivity index (χ2v) is 7.49. The summed E-state index contributed by atoms with van der Waals surface area (Å²) >= 11 is 1.19. The van der Waals surface area contributed by atoms with Gasteiger partial charge in [-0.3, -0.25) is 14.2 Å². The second kappa shape index (κ2) is 7.96. The Morgan fingerprint density at radius 3 is 2.70 bits per heavy atom. The van der Waals surface area contributed by atoms with E-state index in [4.69, 9.17) is 4.74 Å². The number of nitrogens with zero attached hydrogens (tertiary/aromatic N) is 1. The number of anilines is 1. The number of aromatic nitrogens is 1. The first-order valence-corrected chi connectivity index (χ1v) is 9.93. The first-order chi connectivity index (χ1) is 12.9. The Morgan fingerprint density at radius 1 is 1.22 bits per heavy atom. The van der Waals surface area contributed by atoms with Crippen LogP contribution in [0.3, 0.4) is 0 Å². The molecule has 6 heteroatoms. The zero-order valence-corrected chi connectivity index (χ0v) is 16.9. The molecule has 0 aliphatic carbocycles. The second-order valence-electron chi connectivity index (χ2n) is 6.50. The van der Waals surface area contributed by atoms with Crippen LogP contribution in [0, 0.1) is 13.8 Å². The van der Waals surface area contributed by atoms with Gasteiger partial charge in [-0.25, -0.2) is 0 Å². The molecule has 0 saturated carbocycles. The molecule has 1 N–H and O–H groups in total. The molecule has 1 atom stereocenters. The monoisotopic (exact) mass is 384 g/mol. The van der Waals surface area contributed by atoms with Crippen LogP contribution in [0.5, 0.6) is 5.75 Å². The third-order valence-electron chi connectivity index (χ3n) is 4.74. The van der Waals surface area contributed by atoms with Gasteiger partial charge in [0.2, 0.25) is 0 Å². The number of carbonyl (C=O) groups excluding carboxylic acids is 1. The summed E-state index contributed by atoms with van der Waals surface area (Å²) in [5.41, 5.74) is 3.73. The molecule has 1 amide bonds. The molecule has 27 heavy (non-hydrogen) atoms. The molecule has 142 valence electrons. The topological polar surface area (TPSA) is 60.3 Å². The molecular formula is C21H24N2O3S. The number of ether oxygens (including phenoxy) is 1. The maximum absolute atomic E-state index is 12.7. The summed E-state index contributed by atoms with van der Waals surface area (Å²) in [6.45, 7) is 8.51. The Labute approximate surface area is 162 Å².